The van der Waals surface area contributed by atoms with Gasteiger partial charge in [-0.1, -0.05) is 13.0 Å². The molecule has 2 unspecified atom stereocenters. The number of benzene rings is 1. The summed E-state index contributed by atoms with van der Waals surface area (Å²) in [5.74, 6) is -0.300. The molecule has 1 aromatic rings. The Morgan fingerprint density at radius 1 is 1.25 bits per heavy atom. The van der Waals surface area contributed by atoms with Crippen molar-refractivity contribution in [3.63, 3.8) is 0 Å². The monoisotopic (exact) mass is 225 g/mol. The van der Waals surface area contributed by atoms with Crippen molar-refractivity contribution in [2.24, 2.45) is 11.8 Å². The SMILES string of the molecule is CC1CNCC(Cc2ccc(F)c(F)c2)C1. The largest absolute Gasteiger partial charge is 0.316 e. The predicted octanol–water partition coefficient (Wildman–Crippen LogP) is 2.75. The molecule has 1 saturated heterocycles. The Bertz CT molecular complexity index is 365. The topological polar surface area (TPSA) is 12.0 Å². The van der Waals surface area contributed by atoms with Crippen LogP contribution in [0.1, 0.15) is 18.9 Å². The number of rotatable bonds is 2. The van der Waals surface area contributed by atoms with E-state index in [1.54, 1.807) is 6.07 Å². The molecule has 1 nitrogen and oxygen atoms in total. The molecule has 1 aliphatic rings. The van der Waals surface area contributed by atoms with Crippen LogP contribution in [0, 0.1) is 23.5 Å². The van der Waals surface area contributed by atoms with E-state index in [2.05, 4.69) is 12.2 Å². The Hall–Kier alpha value is -0.960. The molecule has 88 valence electrons. The molecule has 0 aliphatic carbocycles. The molecule has 1 aliphatic heterocycles. The Balaban J connectivity index is 2.00. The summed E-state index contributed by atoms with van der Waals surface area (Å²) in [6.07, 6.45) is 1.99. The van der Waals surface area contributed by atoms with Gasteiger partial charge in [0.2, 0.25) is 0 Å². The van der Waals surface area contributed by atoms with Gasteiger partial charge in [-0.3, -0.25) is 0 Å². The zero-order valence-corrected chi connectivity index (χ0v) is 9.47. The van der Waals surface area contributed by atoms with Crippen molar-refractivity contribution < 1.29 is 8.78 Å². The van der Waals surface area contributed by atoms with E-state index in [4.69, 9.17) is 0 Å². The number of halogens is 2. The molecular formula is C13H17F2N. The highest BCUT2D eigenvalue weighted by molar-refractivity contribution is 5.18. The average Bonchev–Trinajstić information content (AvgIpc) is 2.24. The van der Waals surface area contributed by atoms with Gasteiger partial charge in [-0.2, -0.15) is 0 Å². The minimum Gasteiger partial charge on any atom is -0.316 e. The minimum absolute atomic E-state index is 0.536. The molecule has 2 atom stereocenters. The van der Waals surface area contributed by atoms with Gasteiger partial charge in [0.25, 0.3) is 0 Å². The normalized spacial score (nSPS) is 25.7. The molecule has 0 amide bonds. The lowest BCUT2D eigenvalue weighted by Crippen LogP contribution is -2.35. The van der Waals surface area contributed by atoms with E-state index < -0.39 is 11.6 Å². The van der Waals surface area contributed by atoms with Gasteiger partial charge < -0.3 is 5.32 Å². The molecule has 1 fully saturated rings. The summed E-state index contributed by atoms with van der Waals surface area (Å²) >= 11 is 0. The van der Waals surface area contributed by atoms with Crippen molar-refractivity contribution >= 4 is 0 Å². The second-order valence-corrected chi connectivity index (χ2v) is 4.82. The van der Waals surface area contributed by atoms with E-state index in [1.807, 2.05) is 0 Å². The van der Waals surface area contributed by atoms with Crippen LogP contribution in [0.4, 0.5) is 8.78 Å². The van der Waals surface area contributed by atoms with Crippen molar-refractivity contribution in [2.45, 2.75) is 19.8 Å². The maximum Gasteiger partial charge on any atom is 0.159 e. The summed E-state index contributed by atoms with van der Waals surface area (Å²) in [6, 6.07) is 4.21. The van der Waals surface area contributed by atoms with Gasteiger partial charge in [0.15, 0.2) is 11.6 Å². The molecule has 0 bridgehead atoms. The first-order chi connectivity index (χ1) is 7.65. The first-order valence-electron chi connectivity index (χ1n) is 5.80. The minimum atomic E-state index is -0.765. The van der Waals surface area contributed by atoms with Gasteiger partial charge in [0.05, 0.1) is 0 Å². The fourth-order valence-electron chi connectivity index (χ4n) is 2.43. The number of nitrogens with one attached hydrogen (secondary N) is 1. The Morgan fingerprint density at radius 3 is 2.75 bits per heavy atom. The van der Waals surface area contributed by atoms with Crippen molar-refractivity contribution in [1.29, 1.82) is 0 Å². The molecule has 0 spiro atoms. The molecule has 0 aromatic heterocycles. The Kier molecular flexibility index (Phi) is 3.54. The first kappa shape index (κ1) is 11.5. The van der Waals surface area contributed by atoms with Crippen LogP contribution >= 0.6 is 0 Å². The van der Waals surface area contributed by atoms with Crippen LogP contribution in [0.25, 0.3) is 0 Å². The standard InChI is InChI=1S/C13H17F2N/c1-9-4-11(8-16-7-9)5-10-2-3-12(14)13(15)6-10/h2-3,6,9,11,16H,4-5,7-8H2,1H3. The van der Waals surface area contributed by atoms with Crippen molar-refractivity contribution in [1.82, 2.24) is 5.32 Å². The predicted molar refractivity (Wildman–Crippen MR) is 60.2 cm³/mol. The van der Waals surface area contributed by atoms with E-state index in [9.17, 15) is 8.78 Å². The average molecular weight is 225 g/mol. The quantitative estimate of drug-likeness (QED) is 0.816. The summed E-state index contributed by atoms with van der Waals surface area (Å²) in [5.41, 5.74) is 0.889. The molecular weight excluding hydrogens is 208 g/mol. The Labute approximate surface area is 94.9 Å². The van der Waals surface area contributed by atoms with E-state index in [-0.39, 0.29) is 0 Å². The van der Waals surface area contributed by atoms with Crippen LogP contribution in [0.3, 0.4) is 0 Å². The Morgan fingerprint density at radius 2 is 2.06 bits per heavy atom. The van der Waals surface area contributed by atoms with Gasteiger partial charge in [0, 0.05) is 0 Å². The summed E-state index contributed by atoms with van der Waals surface area (Å²) in [7, 11) is 0. The van der Waals surface area contributed by atoms with Crippen LogP contribution in [0.15, 0.2) is 18.2 Å². The molecule has 3 heteroatoms. The molecule has 1 aromatic carbocycles. The summed E-state index contributed by atoms with van der Waals surface area (Å²) < 4.78 is 25.8. The van der Waals surface area contributed by atoms with Crippen LogP contribution in [0.5, 0.6) is 0 Å². The first-order valence-corrected chi connectivity index (χ1v) is 5.80. The highest BCUT2D eigenvalue weighted by Gasteiger charge is 2.19. The second kappa shape index (κ2) is 4.91. The van der Waals surface area contributed by atoms with Gasteiger partial charge in [-0.15, -0.1) is 0 Å². The van der Waals surface area contributed by atoms with E-state index in [0.717, 1.165) is 31.5 Å². The fraction of sp³-hybridized carbons (Fsp3) is 0.538. The summed E-state index contributed by atoms with van der Waals surface area (Å²) in [6.45, 7) is 4.25. The smallest absolute Gasteiger partial charge is 0.159 e. The summed E-state index contributed by atoms with van der Waals surface area (Å²) in [4.78, 5) is 0. The van der Waals surface area contributed by atoms with Gasteiger partial charge in [0.1, 0.15) is 0 Å². The maximum absolute atomic E-state index is 13.0. The van der Waals surface area contributed by atoms with Crippen LogP contribution < -0.4 is 5.32 Å². The maximum atomic E-state index is 13.0. The molecule has 2 rings (SSSR count). The van der Waals surface area contributed by atoms with Gasteiger partial charge in [-0.25, -0.2) is 8.78 Å². The highest BCUT2D eigenvalue weighted by atomic mass is 19.2. The van der Waals surface area contributed by atoms with Crippen molar-refractivity contribution in [3.8, 4) is 0 Å². The molecule has 1 heterocycles. The molecule has 1 N–H and O–H groups in total. The molecule has 0 radical (unpaired) electrons. The lowest BCUT2D eigenvalue weighted by molar-refractivity contribution is 0.301. The highest BCUT2D eigenvalue weighted by Crippen LogP contribution is 2.21. The molecule has 16 heavy (non-hydrogen) atoms. The fourth-order valence-corrected chi connectivity index (χ4v) is 2.43. The van der Waals surface area contributed by atoms with Crippen LogP contribution in [-0.2, 0) is 6.42 Å². The van der Waals surface area contributed by atoms with E-state index in [0.29, 0.717) is 11.8 Å². The van der Waals surface area contributed by atoms with Crippen LogP contribution in [-0.4, -0.2) is 13.1 Å². The van der Waals surface area contributed by atoms with E-state index >= 15 is 0 Å². The van der Waals surface area contributed by atoms with Gasteiger partial charge in [-0.05, 0) is 55.5 Å². The summed E-state index contributed by atoms with van der Waals surface area (Å²) in [5, 5.41) is 3.36. The second-order valence-electron chi connectivity index (χ2n) is 4.82. The van der Waals surface area contributed by atoms with Crippen LogP contribution in [0.2, 0.25) is 0 Å². The lowest BCUT2D eigenvalue weighted by atomic mass is 9.87. The van der Waals surface area contributed by atoms with Crippen molar-refractivity contribution in [2.75, 3.05) is 13.1 Å². The third-order valence-electron chi connectivity index (χ3n) is 3.17. The molecule has 0 saturated carbocycles. The third kappa shape index (κ3) is 2.79. The van der Waals surface area contributed by atoms with Crippen molar-refractivity contribution in [3.05, 3.63) is 35.4 Å². The zero-order chi connectivity index (χ0) is 11.5. The third-order valence-corrected chi connectivity index (χ3v) is 3.17. The lowest BCUT2D eigenvalue weighted by Gasteiger charge is -2.27. The number of hydrogen-bond donors (Lipinski definition) is 1. The van der Waals surface area contributed by atoms with Gasteiger partial charge >= 0.3 is 0 Å². The number of piperidine rings is 1. The van der Waals surface area contributed by atoms with E-state index in [1.165, 1.54) is 12.1 Å². The zero-order valence-electron chi connectivity index (χ0n) is 9.47. The number of hydrogen-bond acceptors (Lipinski definition) is 1.